The number of fused-ring (bicyclic) bond motifs is 1. The molecule has 2 atom stereocenters. The number of rotatable bonds is 8. The van der Waals surface area contributed by atoms with Crippen molar-refractivity contribution in [1.29, 1.82) is 0 Å². The number of aromatic hydroxyl groups is 1. The maximum atomic E-state index is 12.7. The van der Waals surface area contributed by atoms with Gasteiger partial charge in [0, 0.05) is 36.3 Å². The Morgan fingerprint density at radius 1 is 1.03 bits per heavy atom. The summed E-state index contributed by atoms with van der Waals surface area (Å²) >= 11 is 0. The summed E-state index contributed by atoms with van der Waals surface area (Å²) in [5, 5.41) is 23.9. The van der Waals surface area contributed by atoms with Crippen LogP contribution in [0.4, 0.5) is 10.5 Å². The minimum Gasteiger partial charge on any atom is -0.507 e. The van der Waals surface area contributed by atoms with E-state index in [-0.39, 0.29) is 12.4 Å². The number of carbonyl (C=O) groups is 1. The molecule has 0 unspecified atom stereocenters. The largest absolute Gasteiger partial charge is 0.507 e. The number of benzene rings is 3. The molecule has 6 nitrogen and oxygen atoms in total. The molecule has 0 bridgehead atoms. The molecule has 1 amide bonds. The molecule has 0 fully saturated rings. The number of amides is 1. The summed E-state index contributed by atoms with van der Waals surface area (Å²) in [6, 6.07) is 18.1. The first-order valence-corrected chi connectivity index (χ1v) is 10.0. The van der Waals surface area contributed by atoms with Gasteiger partial charge in [0.25, 0.3) is 0 Å². The minimum absolute atomic E-state index is 0.111. The SMILES string of the molecule is CCO[C@H](CCO)[C@H](OC(=O)Nc1ccc(C)cc1)c1ccc(O)c2ccccc12. The van der Waals surface area contributed by atoms with Gasteiger partial charge in [-0.3, -0.25) is 5.32 Å². The van der Waals surface area contributed by atoms with Crippen molar-refractivity contribution in [3.8, 4) is 5.75 Å². The monoisotopic (exact) mass is 409 g/mol. The molecule has 0 aliphatic rings. The van der Waals surface area contributed by atoms with E-state index in [1.807, 2.05) is 44.2 Å². The zero-order valence-corrected chi connectivity index (χ0v) is 17.2. The zero-order valence-electron chi connectivity index (χ0n) is 17.2. The van der Waals surface area contributed by atoms with Crippen LogP contribution in [0, 0.1) is 6.92 Å². The maximum Gasteiger partial charge on any atom is 0.412 e. The fraction of sp³-hybridized carbons (Fsp3) is 0.292. The molecule has 0 aromatic heterocycles. The second-order valence-corrected chi connectivity index (χ2v) is 7.04. The van der Waals surface area contributed by atoms with E-state index in [9.17, 15) is 15.0 Å². The van der Waals surface area contributed by atoms with Crippen LogP contribution >= 0.6 is 0 Å². The molecule has 158 valence electrons. The van der Waals surface area contributed by atoms with Crippen molar-refractivity contribution < 1.29 is 24.5 Å². The van der Waals surface area contributed by atoms with Crippen LogP contribution in [0.15, 0.2) is 60.7 Å². The summed E-state index contributed by atoms with van der Waals surface area (Å²) in [6.45, 7) is 4.11. The number of aryl methyl sites for hydroxylation is 1. The average Bonchev–Trinajstić information content (AvgIpc) is 2.74. The van der Waals surface area contributed by atoms with Gasteiger partial charge in [-0.15, -0.1) is 0 Å². The number of aliphatic hydroxyl groups excluding tert-OH is 1. The van der Waals surface area contributed by atoms with Gasteiger partial charge in [0.15, 0.2) is 6.10 Å². The van der Waals surface area contributed by atoms with Gasteiger partial charge in [0.2, 0.25) is 0 Å². The van der Waals surface area contributed by atoms with E-state index in [0.717, 1.165) is 10.9 Å². The number of phenolic OH excluding ortho intramolecular Hbond substituents is 1. The van der Waals surface area contributed by atoms with Crippen molar-refractivity contribution in [2.45, 2.75) is 32.5 Å². The van der Waals surface area contributed by atoms with E-state index in [1.165, 1.54) is 0 Å². The number of nitrogens with one attached hydrogen (secondary N) is 1. The number of aliphatic hydroxyl groups is 1. The van der Waals surface area contributed by atoms with Crippen LogP contribution in [0.1, 0.15) is 30.6 Å². The second-order valence-electron chi connectivity index (χ2n) is 7.04. The molecule has 0 radical (unpaired) electrons. The quantitative estimate of drug-likeness (QED) is 0.491. The minimum atomic E-state index is -0.770. The normalized spacial score (nSPS) is 13.0. The van der Waals surface area contributed by atoms with Crippen LogP contribution in [0.5, 0.6) is 5.75 Å². The lowest BCUT2D eigenvalue weighted by Gasteiger charge is -2.28. The first-order chi connectivity index (χ1) is 14.5. The van der Waals surface area contributed by atoms with Crippen molar-refractivity contribution in [2.75, 3.05) is 18.5 Å². The van der Waals surface area contributed by atoms with Gasteiger partial charge in [-0.1, -0.05) is 48.0 Å². The lowest BCUT2D eigenvalue weighted by molar-refractivity contribution is -0.0478. The topological polar surface area (TPSA) is 88.0 Å². The Balaban J connectivity index is 1.95. The summed E-state index contributed by atoms with van der Waals surface area (Å²) in [7, 11) is 0. The smallest absolute Gasteiger partial charge is 0.412 e. The molecule has 3 aromatic rings. The molecule has 3 N–H and O–H groups in total. The lowest BCUT2D eigenvalue weighted by Crippen LogP contribution is -2.30. The molecule has 6 heteroatoms. The predicted octanol–water partition coefficient (Wildman–Crippen LogP) is 4.93. The highest BCUT2D eigenvalue weighted by atomic mass is 16.6. The van der Waals surface area contributed by atoms with Crippen molar-refractivity contribution in [3.05, 3.63) is 71.8 Å². The Kier molecular flexibility index (Phi) is 7.27. The summed E-state index contributed by atoms with van der Waals surface area (Å²) in [6.07, 6.45) is -1.64. The average molecular weight is 409 g/mol. The third-order valence-electron chi connectivity index (χ3n) is 4.91. The fourth-order valence-corrected chi connectivity index (χ4v) is 3.46. The number of anilines is 1. The van der Waals surface area contributed by atoms with Crippen molar-refractivity contribution in [2.24, 2.45) is 0 Å². The molecule has 0 heterocycles. The Morgan fingerprint density at radius 2 is 1.73 bits per heavy atom. The molecular formula is C24H27NO5. The van der Waals surface area contributed by atoms with Gasteiger partial charge in [0.05, 0.1) is 0 Å². The van der Waals surface area contributed by atoms with E-state index < -0.39 is 18.3 Å². The molecule has 30 heavy (non-hydrogen) atoms. The molecule has 3 rings (SSSR count). The summed E-state index contributed by atoms with van der Waals surface area (Å²) in [5.74, 6) is 0.146. The van der Waals surface area contributed by atoms with E-state index in [1.54, 1.807) is 30.3 Å². The van der Waals surface area contributed by atoms with E-state index >= 15 is 0 Å². The van der Waals surface area contributed by atoms with Crippen LogP contribution in [0.2, 0.25) is 0 Å². The number of phenols is 1. The Morgan fingerprint density at radius 3 is 2.40 bits per heavy atom. The molecule has 0 aliphatic heterocycles. The van der Waals surface area contributed by atoms with E-state index in [2.05, 4.69) is 5.32 Å². The highest BCUT2D eigenvalue weighted by molar-refractivity contribution is 5.91. The van der Waals surface area contributed by atoms with Gasteiger partial charge in [-0.05, 0) is 37.4 Å². The summed E-state index contributed by atoms with van der Waals surface area (Å²) < 4.78 is 11.6. The first-order valence-electron chi connectivity index (χ1n) is 10.0. The molecule has 3 aromatic carbocycles. The third-order valence-corrected chi connectivity index (χ3v) is 4.91. The Labute approximate surface area is 176 Å². The number of hydrogen-bond donors (Lipinski definition) is 3. The van der Waals surface area contributed by atoms with Gasteiger partial charge in [-0.25, -0.2) is 4.79 Å². The molecule has 0 aliphatic carbocycles. The predicted molar refractivity (Wildman–Crippen MR) is 117 cm³/mol. The summed E-state index contributed by atoms with van der Waals surface area (Å²) in [4.78, 5) is 12.7. The van der Waals surface area contributed by atoms with Crippen LogP contribution < -0.4 is 5.32 Å². The summed E-state index contributed by atoms with van der Waals surface area (Å²) in [5.41, 5.74) is 2.41. The highest BCUT2D eigenvalue weighted by Crippen LogP contribution is 2.35. The standard InChI is InChI=1S/C24H27NO5/c1-3-29-22(14-15-26)23(30-24(28)25-17-10-8-16(2)9-11-17)20-12-13-21(27)19-7-5-4-6-18(19)20/h4-13,22-23,26-27H,3,14-15H2,1-2H3,(H,25,28)/t22-,23-/m1/s1. The van der Waals surface area contributed by atoms with Gasteiger partial charge < -0.3 is 19.7 Å². The second kappa shape index (κ2) is 10.1. The van der Waals surface area contributed by atoms with Crippen molar-refractivity contribution in [1.82, 2.24) is 0 Å². The molecular weight excluding hydrogens is 382 g/mol. The highest BCUT2D eigenvalue weighted by Gasteiger charge is 2.29. The maximum absolute atomic E-state index is 12.7. The Bertz CT molecular complexity index is 981. The molecule has 0 saturated heterocycles. The fourth-order valence-electron chi connectivity index (χ4n) is 3.46. The van der Waals surface area contributed by atoms with Crippen LogP contribution in [0.25, 0.3) is 10.8 Å². The number of carbonyl (C=O) groups excluding carboxylic acids is 1. The van der Waals surface area contributed by atoms with Crippen molar-refractivity contribution >= 4 is 22.6 Å². The van der Waals surface area contributed by atoms with Gasteiger partial charge >= 0.3 is 6.09 Å². The van der Waals surface area contributed by atoms with Gasteiger partial charge in [0.1, 0.15) is 11.9 Å². The number of hydrogen-bond acceptors (Lipinski definition) is 5. The third kappa shape index (κ3) is 5.09. The first kappa shape index (κ1) is 21.6. The van der Waals surface area contributed by atoms with Crippen LogP contribution in [-0.2, 0) is 9.47 Å². The van der Waals surface area contributed by atoms with Crippen LogP contribution in [0.3, 0.4) is 0 Å². The van der Waals surface area contributed by atoms with Crippen LogP contribution in [-0.4, -0.2) is 35.6 Å². The van der Waals surface area contributed by atoms with Gasteiger partial charge in [-0.2, -0.15) is 0 Å². The number of ether oxygens (including phenoxy) is 2. The molecule has 0 saturated carbocycles. The van der Waals surface area contributed by atoms with E-state index in [0.29, 0.717) is 29.7 Å². The Hall–Kier alpha value is -3.09. The van der Waals surface area contributed by atoms with Crippen molar-refractivity contribution in [3.63, 3.8) is 0 Å². The lowest BCUT2D eigenvalue weighted by atomic mass is 9.95. The van der Waals surface area contributed by atoms with E-state index in [4.69, 9.17) is 9.47 Å². The zero-order chi connectivity index (χ0) is 21.5. The molecule has 0 spiro atoms.